The molecule has 0 saturated heterocycles. The van der Waals surface area contributed by atoms with Crippen LogP contribution in [0.15, 0.2) is 24.3 Å². The molecule has 1 atom stereocenters. The topological polar surface area (TPSA) is 57.5 Å². The third-order valence-electron chi connectivity index (χ3n) is 5.39. The number of para-hydroxylation sites is 1. The molecule has 1 unspecified atom stereocenters. The maximum absolute atomic E-state index is 12.6. The molecular weight excluding hydrogens is 306 g/mol. The molecule has 0 fully saturated rings. The first-order valence-corrected chi connectivity index (χ1v) is 8.19. The van der Waals surface area contributed by atoms with Crippen LogP contribution in [0.4, 0.5) is 0 Å². The fraction of sp³-hybridized carbons (Fsp3) is 0.474. The maximum Gasteiger partial charge on any atom is 0.323 e. The fourth-order valence-corrected chi connectivity index (χ4v) is 4.04. The number of nitrogens with zero attached hydrogens (tertiary/aromatic N) is 1. The van der Waals surface area contributed by atoms with Gasteiger partial charge in [0.2, 0.25) is 0 Å². The molecule has 24 heavy (non-hydrogen) atoms. The molecule has 0 amide bonds. The summed E-state index contributed by atoms with van der Waals surface area (Å²) in [6, 6.07) is 8.19. The van der Waals surface area contributed by atoms with Crippen molar-refractivity contribution in [2.75, 3.05) is 14.2 Å². The smallest absolute Gasteiger partial charge is 0.323 e. The van der Waals surface area contributed by atoms with E-state index in [9.17, 15) is 9.59 Å². The first-order chi connectivity index (χ1) is 11.5. The molecule has 0 spiro atoms. The molecule has 1 aliphatic carbocycles. The summed E-state index contributed by atoms with van der Waals surface area (Å²) < 4.78 is 12.1. The molecule has 0 N–H and O–H groups in total. The quantitative estimate of drug-likeness (QED) is 0.483. The van der Waals surface area contributed by atoms with E-state index in [1.807, 2.05) is 19.2 Å². The highest BCUT2D eigenvalue weighted by atomic mass is 16.5. The van der Waals surface area contributed by atoms with Crippen LogP contribution in [0.1, 0.15) is 36.9 Å². The number of carbonyl (C=O) groups excluding carboxylic acids is 2. The SMILES string of the molecule is COC(=O)C1(C(=O)OC)CCC(C)c2c(n(C)c3ccccc23)C1. The van der Waals surface area contributed by atoms with Gasteiger partial charge in [-0.3, -0.25) is 9.59 Å². The van der Waals surface area contributed by atoms with Gasteiger partial charge in [-0.1, -0.05) is 25.1 Å². The lowest BCUT2D eigenvalue weighted by Crippen LogP contribution is -2.43. The van der Waals surface area contributed by atoms with E-state index < -0.39 is 17.4 Å². The predicted octanol–water partition coefficient (Wildman–Crippen LogP) is 2.95. The van der Waals surface area contributed by atoms with Gasteiger partial charge < -0.3 is 14.0 Å². The summed E-state index contributed by atoms with van der Waals surface area (Å²) in [4.78, 5) is 25.1. The van der Waals surface area contributed by atoms with Crippen molar-refractivity contribution in [1.29, 1.82) is 0 Å². The van der Waals surface area contributed by atoms with Crippen molar-refractivity contribution in [3.63, 3.8) is 0 Å². The zero-order valence-corrected chi connectivity index (χ0v) is 14.6. The van der Waals surface area contributed by atoms with Crippen molar-refractivity contribution in [3.05, 3.63) is 35.5 Å². The average Bonchev–Trinajstić information content (AvgIpc) is 2.78. The van der Waals surface area contributed by atoms with Gasteiger partial charge in [-0.15, -0.1) is 0 Å². The van der Waals surface area contributed by atoms with Gasteiger partial charge in [-0.2, -0.15) is 0 Å². The Balaban J connectivity index is 2.25. The zero-order chi connectivity index (χ0) is 17.5. The first kappa shape index (κ1) is 16.6. The van der Waals surface area contributed by atoms with Gasteiger partial charge in [0.1, 0.15) is 0 Å². The van der Waals surface area contributed by atoms with E-state index in [1.165, 1.54) is 25.2 Å². The standard InChI is InChI=1S/C19H23NO4/c1-12-9-10-19(17(21)23-3,18(22)24-4)11-15-16(12)13-7-5-6-8-14(13)20(15)2/h5-8,12H,9-11H2,1-4H3. The second-order valence-corrected chi connectivity index (χ2v) is 6.62. The summed E-state index contributed by atoms with van der Waals surface area (Å²) in [5, 5.41) is 1.19. The Morgan fingerprint density at radius 3 is 2.42 bits per heavy atom. The van der Waals surface area contributed by atoms with Crippen molar-refractivity contribution in [3.8, 4) is 0 Å². The van der Waals surface area contributed by atoms with Crippen LogP contribution in [0.3, 0.4) is 0 Å². The normalized spacial score (nSPS) is 19.4. The van der Waals surface area contributed by atoms with Crippen LogP contribution >= 0.6 is 0 Å². The molecule has 128 valence electrons. The van der Waals surface area contributed by atoms with Crippen LogP contribution in [0.25, 0.3) is 10.9 Å². The van der Waals surface area contributed by atoms with Gasteiger partial charge in [0, 0.05) is 30.1 Å². The average molecular weight is 329 g/mol. The van der Waals surface area contributed by atoms with E-state index in [2.05, 4.69) is 23.6 Å². The van der Waals surface area contributed by atoms with Gasteiger partial charge in [0.25, 0.3) is 0 Å². The molecule has 5 nitrogen and oxygen atoms in total. The van der Waals surface area contributed by atoms with Crippen molar-refractivity contribution in [2.45, 2.75) is 32.1 Å². The number of aryl methyl sites for hydroxylation is 1. The van der Waals surface area contributed by atoms with E-state index in [0.29, 0.717) is 12.8 Å². The summed E-state index contributed by atoms with van der Waals surface area (Å²) >= 11 is 0. The number of hydrogen-bond donors (Lipinski definition) is 0. The predicted molar refractivity (Wildman–Crippen MR) is 90.7 cm³/mol. The van der Waals surface area contributed by atoms with Crippen LogP contribution in [0, 0.1) is 5.41 Å². The molecular formula is C19H23NO4. The van der Waals surface area contributed by atoms with Crippen LogP contribution in [0.5, 0.6) is 0 Å². The lowest BCUT2D eigenvalue weighted by atomic mass is 9.79. The number of methoxy groups -OCH3 is 2. The van der Waals surface area contributed by atoms with Crippen LogP contribution in [-0.4, -0.2) is 30.7 Å². The number of aromatic nitrogens is 1. The van der Waals surface area contributed by atoms with Gasteiger partial charge in [0.05, 0.1) is 14.2 Å². The van der Waals surface area contributed by atoms with Gasteiger partial charge in [-0.05, 0) is 30.4 Å². The molecule has 1 aromatic carbocycles. The van der Waals surface area contributed by atoms with Crippen molar-refractivity contribution >= 4 is 22.8 Å². The number of fused-ring (bicyclic) bond motifs is 3. The summed E-state index contributed by atoms with van der Waals surface area (Å²) in [5.74, 6) is -0.776. The van der Waals surface area contributed by atoms with Crippen molar-refractivity contribution < 1.29 is 19.1 Å². The minimum Gasteiger partial charge on any atom is -0.468 e. The molecule has 0 aliphatic heterocycles. The number of rotatable bonds is 2. The van der Waals surface area contributed by atoms with E-state index in [4.69, 9.17) is 9.47 Å². The second-order valence-electron chi connectivity index (χ2n) is 6.62. The number of esters is 2. The third-order valence-corrected chi connectivity index (χ3v) is 5.39. The maximum atomic E-state index is 12.6. The molecule has 0 saturated carbocycles. The largest absolute Gasteiger partial charge is 0.468 e. The zero-order valence-electron chi connectivity index (χ0n) is 14.6. The Labute approximate surface area is 141 Å². The van der Waals surface area contributed by atoms with Crippen molar-refractivity contribution in [1.82, 2.24) is 4.57 Å². The third kappa shape index (κ3) is 2.22. The monoisotopic (exact) mass is 329 g/mol. The number of benzene rings is 1. The Kier molecular flexibility index (Phi) is 4.11. The summed E-state index contributed by atoms with van der Waals surface area (Å²) in [5.41, 5.74) is 2.07. The Hall–Kier alpha value is -2.30. The molecule has 3 rings (SSSR count). The Morgan fingerprint density at radius 2 is 1.79 bits per heavy atom. The van der Waals surface area contributed by atoms with Crippen LogP contribution in [-0.2, 0) is 32.5 Å². The molecule has 0 bridgehead atoms. The van der Waals surface area contributed by atoms with E-state index in [1.54, 1.807) is 0 Å². The van der Waals surface area contributed by atoms with Gasteiger partial charge >= 0.3 is 11.9 Å². The summed E-state index contributed by atoms with van der Waals surface area (Å²) in [7, 11) is 4.63. The minimum absolute atomic E-state index is 0.252. The highest BCUT2D eigenvalue weighted by Crippen LogP contribution is 2.44. The van der Waals surface area contributed by atoms with Crippen LogP contribution in [0.2, 0.25) is 0 Å². The molecule has 1 aromatic heterocycles. The van der Waals surface area contributed by atoms with Crippen molar-refractivity contribution in [2.24, 2.45) is 12.5 Å². The minimum atomic E-state index is -1.27. The van der Waals surface area contributed by atoms with Gasteiger partial charge in [0.15, 0.2) is 5.41 Å². The lowest BCUT2D eigenvalue weighted by Gasteiger charge is -2.27. The van der Waals surface area contributed by atoms with Gasteiger partial charge in [-0.25, -0.2) is 0 Å². The van der Waals surface area contributed by atoms with E-state index in [-0.39, 0.29) is 5.92 Å². The summed E-state index contributed by atoms with van der Waals surface area (Å²) in [6.45, 7) is 2.15. The lowest BCUT2D eigenvalue weighted by molar-refractivity contribution is -0.169. The highest BCUT2D eigenvalue weighted by molar-refractivity contribution is 6.01. The second kappa shape index (κ2) is 5.96. The summed E-state index contributed by atoms with van der Waals surface area (Å²) in [6.07, 6.45) is 1.46. The fourth-order valence-electron chi connectivity index (χ4n) is 4.04. The number of carbonyl (C=O) groups is 2. The highest BCUT2D eigenvalue weighted by Gasteiger charge is 2.51. The Morgan fingerprint density at radius 1 is 1.17 bits per heavy atom. The molecule has 1 heterocycles. The number of hydrogen-bond acceptors (Lipinski definition) is 4. The Bertz CT molecular complexity index is 789. The first-order valence-electron chi connectivity index (χ1n) is 8.19. The molecule has 0 radical (unpaired) electrons. The molecule has 1 aliphatic rings. The van der Waals surface area contributed by atoms with E-state index >= 15 is 0 Å². The molecule has 2 aromatic rings. The van der Waals surface area contributed by atoms with Crippen LogP contribution < -0.4 is 0 Å². The number of ether oxygens (including phenoxy) is 2. The van der Waals surface area contributed by atoms with E-state index in [0.717, 1.165) is 17.6 Å². The molecule has 5 heteroatoms.